The number of rotatable bonds is 7. The monoisotopic (exact) mass is 417 g/mol. The molecule has 0 unspecified atom stereocenters. The summed E-state index contributed by atoms with van der Waals surface area (Å²) in [6, 6.07) is 14.5. The van der Waals surface area contributed by atoms with E-state index in [4.69, 9.17) is 0 Å². The van der Waals surface area contributed by atoms with Gasteiger partial charge < -0.3 is 0 Å². The van der Waals surface area contributed by atoms with E-state index in [1.165, 1.54) is 24.3 Å². The maximum absolute atomic E-state index is 12.6. The van der Waals surface area contributed by atoms with Crippen molar-refractivity contribution in [3.05, 3.63) is 66.4 Å². The number of nitrogens with zero attached hydrogens (tertiary/aromatic N) is 1. The van der Waals surface area contributed by atoms with Crippen molar-refractivity contribution >= 4 is 30.9 Å². The highest BCUT2D eigenvalue weighted by Crippen LogP contribution is 2.23. The summed E-state index contributed by atoms with van der Waals surface area (Å²) < 4.78 is 54.7. The van der Waals surface area contributed by atoms with E-state index in [1.54, 1.807) is 6.20 Å². The molecule has 0 bridgehead atoms. The molecule has 1 heterocycles. The molecule has 0 saturated heterocycles. The van der Waals surface area contributed by atoms with Crippen LogP contribution in [0.25, 0.3) is 10.9 Å². The first kappa shape index (κ1) is 19.0. The van der Waals surface area contributed by atoms with Gasteiger partial charge in [0.05, 0.1) is 15.3 Å². The van der Waals surface area contributed by atoms with Crippen molar-refractivity contribution in [2.75, 3.05) is 0 Å². The third kappa shape index (κ3) is 4.07. The van der Waals surface area contributed by atoms with E-state index in [0.29, 0.717) is 0 Å². The van der Waals surface area contributed by atoms with Crippen LogP contribution in [0.1, 0.15) is 18.4 Å². The van der Waals surface area contributed by atoms with E-state index in [9.17, 15) is 16.8 Å². The molecule has 3 aromatic rings. The lowest BCUT2D eigenvalue weighted by molar-refractivity contribution is 0.577. The van der Waals surface area contributed by atoms with Gasteiger partial charge in [0.1, 0.15) is 0 Å². The van der Waals surface area contributed by atoms with Gasteiger partial charge in [-0.1, -0.05) is 24.3 Å². The zero-order valence-corrected chi connectivity index (χ0v) is 16.5. The molecule has 4 rings (SSSR count). The summed E-state index contributed by atoms with van der Waals surface area (Å²) >= 11 is 0. The molecular weight excluding hydrogens is 398 g/mol. The zero-order chi connectivity index (χ0) is 19.8. The number of hydrogen-bond donors (Lipinski definition) is 2. The predicted molar refractivity (Wildman–Crippen MR) is 106 cm³/mol. The van der Waals surface area contributed by atoms with Crippen molar-refractivity contribution in [2.24, 2.45) is 0 Å². The first-order valence-electron chi connectivity index (χ1n) is 8.80. The molecular formula is C19H19N3O4S2. The standard InChI is InChI=1S/C19H19N3O4S2/c23-27(24,21-13-15-4-1-3-14-5-2-12-20-19(14)15)17-8-10-18(11-9-17)28(25,26)22-16-6-7-16/h1-5,8-12,16,21-22H,6-7,13H2. The van der Waals surface area contributed by atoms with E-state index in [1.807, 2.05) is 30.3 Å². The van der Waals surface area contributed by atoms with Gasteiger partial charge in [-0.3, -0.25) is 4.98 Å². The summed E-state index contributed by atoms with van der Waals surface area (Å²) in [6.45, 7) is 0.0833. The van der Waals surface area contributed by atoms with Gasteiger partial charge in [-0.05, 0) is 48.7 Å². The number of sulfonamides is 2. The minimum absolute atomic E-state index is 0.00562. The first-order chi connectivity index (χ1) is 13.4. The summed E-state index contributed by atoms with van der Waals surface area (Å²) in [6.07, 6.45) is 3.33. The van der Waals surface area contributed by atoms with Gasteiger partial charge in [-0.15, -0.1) is 0 Å². The summed E-state index contributed by atoms with van der Waals surface area (Å²) in [4.78, 5) is 4.37. The van der Waals surface area contributed by atoms with E-state index in [0.717, 1.165) is 29.3 Å². The SMILES string of the molecule is O=S(=O)(NCc1cccc2cccnc12)c1ccc(S(=O)(=O)NC2CC2)cc1. The van der Waals surface area contributed by atoms with Crippen molar-refractivity contribution in [1.29, 1.82) is 0 Å². The molecule has 146 valence electrons. The van der Waals surface area contributed by atoms with Gasteiger partial charge >= 0.3 is 0 Å². The van der Waals surface area contributed by atoms with Crippen LogP contribution in [-0.4, -0.2) is 27.9 Å². The number of pyridine rings is 1. The van der Waals surface area contributed by atoms with Crippen LogP contribution in [0.3, 0.4) is 0 Å². The lowest BCUT2D eigenvalue weighted by Crippen LogP contribution is -2.26. The molecule has 1 aliphatic carbocycles. The van der Waals surface area contributed by atoms with E-state index < -0.39 is 20.0 Å². The summed E-state index contributed by atoms with van der Waals surface area (Å²) in [5.41, 5.74) is 1.50. The minimum Gasteiger partial charge on any atom is -0.256 e. The molecule has 0 aliphatic heterocycles. The quantitative estimate of drug-likeness (QED) is 0.613. The van der Waals surface area contributed by atoms with Crippen LogP contribution in [0, 0.1) is 0 Å². The maximum Gasteiger partial charge on any atom is 0.240 e. The number of benzene rings is 2. The third-order valence-electron chi connectivity index (χ3n) is 4.51. The van der Waals surface area contributed by atoms with E-state index in [2.05, 4.69) is 14.4 Å². The lowest BCUT2D eigenvalue weighted by atomic mass is 10.1. The molecule has 1 aromatic heterocycles. The molecule has 28 heavy (non-hydrogen) atoms. The van der Waals surface area contributed by atoms with Gasteiger partial charge in [0.2, 0.25) is 20.0 Å². The van der Waals surface area contributed by atoms with Crippen LogP contribution in [0.15, 0.2) is 70.6 Å². The second-order valence-electron chi connectivity index (χ2n) is 6.68. The molecule has 0 radical (unpaired) electrons. The Bertz CT molecular complexity index is 1210. The lowest BCUT2D eigenvalue weighted by Gasteiger charge is -2.10. The number of para-hydroxylation sites is 1. The molecule has 2 N–H and O–H groups in total. The Kier molecular flexibility index (Phi) is 4.92. The molecule has 0 amide bonds. The molecule has 7 nitrogen and oxygen atoms in total. The molecule has 2 aromatic carbocycles. The molecule has 0 atom stereocenters. The molecule has 1 saturated carbocycles. The smallest absolute Gasteiger partial charge is 0.240 e. The number of fused-ring (bicyclic) bond motifs is 1. The fourth-order valence-corrected chi connectivity index (χ4v) is 5.16. The van der Waals surface area contributed by atoms with Crippen molar-refractivity contribution in [3.8, 4) is 0 Å². The Morgan fingerprint density at radius 1 is 0.857 bits per heavy atom. The topological polar surface area (TPSA) is 105 Å². The van der Waals surface area contributed by atoms with E-state index >= 15 is 0 Å². The average molecular weight is 418 g/mol. The van der Waals surface area contributed by atoms with Gasteiger partial charge in [0.25, 0.3) is 0 Å². The fraction of sp³-hybridized carbons (Fsp3) is 0.211. The van der Waals surface area contributed by atoms with Crippen molar-refractivity contribution in [3.63, 3.8) is 0 Å². The highest BCUT2D eigenvalue weighted by molar-refractivity contribution is 7.90. The molecule has 0 spiro atoms. The fourth-order valence-electron chi connectivity index (χ4n) is 2.85. The van der Waals surface area contributed by atoms with Crippen molar-refractivity contribution in [2.45, 2.75) is 35.2 Å². The first-order valence-corrected chi connectivity index (χ1v) is 11.8. The Hall–Kier alpha value is -2.33. The van der Waals surface area contributed by atoms with Gasteiger partial charge in [-0.2, -0.15) is 0 Å². The number of aromatic nitrogens is 1. The van der Waals surface area contributed by atoms with Crippen LogP contribution in [0.4, 0.5) is 0 Å². The van der Waals surface area contributed by atoms with Crippen LogP contribution in [0.2, 0.25) is 0 Å². The minimum atomic E-state index is -3.79. The Balaban J connectivity index is 1.52. The zero-order valence-electron chi connectivity index (χ0n) is 14.9. The summed E-state index contributed by atoms with van der Waals surface area (Å²) in [5, 5.41) is 0.928. The normalized spacial score (nSPS) is 15.0. The molecule has 1 aliphatic rings. The Labute approximate surface area is 163 Å². The van der Waals surface area contributed by atoms with Crippen LogP contribution in [0.5, 0.6) is 0 Å². The second kappa shape index (κ2) is 7.25. The Morgan fingerprint density at radius 3 is 2.18 bits per heavy atom. The number of nitrogens with one attached hydrogen (secondary N) is 2. The van der Waals surface area contributed by atoms with Crippen molar-refractivity contribution in [1.82, 2.24) is 14.4 Å². The van der Waals surface area contributed by atoms with Gasteiger partial charge in [0, 0.05) is 24.2 Å². The van der Waals surface area contributed by atoms with Crippen LogP contribution in [-0.2, 0) is 26.6 Å². The third-order valence-corrected chi connectivity index (χ3v) is 7.47. The largest absolute Gasteiger partial charge is 0.256 e. The predicted octanol–water partition coefficient (Wildman–Crippen LogP) is 2.15. The van der Waals surface area contributed by atoms with Gasteiger partial charge in [-0.25, -0.2) is 26.3 Å². The van der Waals surface area contributed by atoms with E-state index in [-0.39, 0.29) is 22.4 Å². The van der Waals surface area contributed by atoms with Gasteiger partial charge in [0.15, 0.2) is 0 Å². The van der Waals surface area contributed by atoms with Crippen LogP contribution < -0.4 is 9.44 Å². The molecule has 1 fully saturated rings. The highest BCUT2D eigenvalue weighted by atomic mass is 32.2. The summed E-state index contributed by atoms with van der Waals surface area (Å²) in [5.74, 6) is 0. The van der Waals surface area contributed by atoms with Crippen LogP contribution >= 0.6 is 0 Å². The average Bonchev–Trinajstić information content (AvgIpc) is 3.50. The van der Waals surface area contributed by atoms with Crippen molar-refractivity contribution < 1.29 is 16.8 Å². The Morgan fingerprint density at radius 2 is 1.50 bits per heavy atom. The molecule has 9 heteroatoms. The maximum atomic E-state index is 12.6. The highest BCUT2D eigenvalue weighted by Gasteiger charge is 2.28. The number of hydrogen-bond acceptors (Lipinski definition) is 5. The second-order valence-corrected chi connectivity index (χ2v) is 10.2. The summed E-state index contributed by atoms with van der Waals surface area (Å²) in [7, 11) is -7.41.